The van der Waals surface area contributed by atoms with Gasteiger partial charge in [-0.2, -0.15) is 0 Å². The van der Waals surface area contributed by atoms with E-state index in [2.05, 4.69) is 15.3 Å². The number of carbonyl (C=O) groups is 1. The van der Waals surface area contributed by atoms with Crippen molar-refractivity contribution in [1.82, 2.24) is 9.97 Å². The van der Waals surface area contributed by atoms with E-state index in [9.17, 15) is 13.6 Å². The second kappa shape index (κ2) is 7.95. The summed E-state index contributed by atoms with van der Waals surface area (Å²) in [6, 6.07) is 13.3. The molecule has 0 bridgehead atoms. The first-order valence-corrected chi connectivity index (χ1v) is 10.0. The predicted molar refractivity (Wildman–Crippen MR) is 107 cm³/mol. The Bertz CT molecular complexity index is 1130. The molecule has 0 atom stereocenters. The minimum absolute atomic E-state index is 0.128. The fourth-order valence-corrected chi connectivity index (χ4v) is 4.11. The summed E-state index contributed by atoms with van der Waals surface area (Å²) in [6.45, 7) is 0. The molecule has 2 aromatic carbocycles. The molecule has 1 N–H and O–H groups in total. The quantitative estimate of drug-likeness (QED) is 0.477. The summed E-state index contributed by atoms with van der Waals surface area (Å²) in [5.41, 5.74) is 2.61. The van der Waals surface area contributed by atoms with Gasteiger partial charge in [0.1, 0.15) is 5.01 Å². The number of aromatic nitrogens is 2. The van der Waals surface area contributed by atoms with Crippen LogP contribution in [0.5, 0.6) is 0 Å². The van der Waals surface area contributed by atoms with E-state index in [-0.39, 0.29) is 12.3 Å². The Morgan fingerprint density at radius 2 is 1.75 bits per heavy atom. The Hall–Kier alpha value is -2.97. The SMILES string of the molecule is O=C(Cc1csc(-c2ccccc2)n1)Nc1nc(-c2ccc(F)c(F)c2)cs1. The lowest BCUT2D eigenvalue weighted by atomic mass is 10.2. The van der Waals surface area contributed by atoms with Crippen molar-refractivity contribution in [2.45, 2.75) is 6.42 Å². The van der Waals surface area contributed by atoms with Gasteiger partial charge in [0, 0.05) is 21.9 Å². The third-order valence-electron chi connectivity index (χ3n) is 3.88. The Labute approximate surface area is 167 Å². The molecule has 0 saturated carbocycles. The molecule has 2 aromatic heterocycles. The van der Waals surface area contributed by atoms with Gasteiger partial charge < -0.3 is 5.32 Å². The zero-order valence-corrected chi connectivity index (χ0v) is 16.0. The van der Waals surface area contributed by atoms with Gasteiger partial charge in [0.2, 0.25) is 5.91 Å². The number of halogens is 2. The van der Waals surface area contributed by atoms with Crippen LogP contribution in [0.1, 0.15) is 5.69 Å². The van der Waals surface area contributed by atoms with Gasteiger partial charge in [0.05, 0.1) is 17.8 Å². The number of hydrogen-bond donors (Lipinski definition) is 1. The van der Waals surface area contributed by atoms with E-state index in [1.165, 1.54) is 28.7 Å². The van der Waals surface area contributed by atoms with E-state index >= 15 is 0 Å². The summed E-state index contributed by atoms with van der Waals surface area (Å²) in [5, 5.41) is 7.51. The lowest BCUT2D eigenvalue weighted by molar-refractivity contribution is -0.115. The normalized spacial score (nSPS) is 10.8. The standard InChI is InChI=1S/C20H13F2N3OS2/c21-15-7-6-13(8-16(15)22)17-11-28-20(24-17)25-18(26)9-14-10-27-19(23-14)12-4-2-1-3-5-12/h1-8,10-11H,9H2,(H,24,25,26). The average Bonchev–Trinajstić information content (AvgIpc) is 3.34. The van der Waals surface area contributed by atoms with Crippen molar-refractivity contribution >= 4 is 33.7 Å². The highest BCUT2D eigenvalue weighted by Crippen LogP contribution is 2.27. The number of hydrogen-bond acceptors (Lipinski definition) is 5. The summed E-state index contributed by atoms with van der Waals surface area (Å²) >= 11 is 2.70. The Morgan fingerprint density at radius 1 is 0.929 bits per heavy atom. The molecule has 4 nitrogen and oxygen atoms in total. The maximum Gasteiger partial charge on any atom is 0.232 e. The van der Waals surface area contributed by atoms with Gasteiger partial charge in [-0.25, -0.2) is 18.7 Å². The monoisotopic (exact) mass is 413 g/mol. The molecule has 4 rings (SSSR count). The number of nitrogens with one attached hydrogen (secondary N) is 1. The first kappa shape index (κ1) is 18.4. The lowest BCUT2D eigenvalue weighted by Gasteiger charge is -2.00. The molecule has 4 aromatic rings. The van der Waals surface area contributed by atoms with Crippen LogP contribution in [0.25, 0.3) is 21.8 Å². The van der Waals surface area contributed by atoms with E-state index in [4.69, 9.17) is 0 Å². The second-order valence-corrected chi connectivity index (χ2v) is 7.62. The molecule has 0 spiro atoms. The van der Waals surface area contributed by atoms with Crippen LogP contribution in [0.15, 0.2) is 59.3 Å². The van der Waals surface area contributed by atoms with E-state index in [0.29, 0.717) is 22.1 Å². The fourth-order valence-electron chi connectivity index (χ4n) is 2.55. The van der Waals surface area contributed by atoms with E-state index in [1.807, 2.05) is 35.7 Å². The van der Waals surface area contributed by atoms with Gasteiger partial charge in [0.15, 0.2) is 16.8 Å². The molecule has 2 heterocycles. The third-order valence-corrected chi connectivity index (χ3v) is 5.58. The van der Waals surface area contributed by atoms with Crippen LogP contribution in [0.2, 0.25) is 0 Å². The van der Waals surface area contributed by atoms with Crippen LogP contribution in [0.3, 0.4) is 0 Å². The number of benzene rings is 2. The molecule has 28 heavy (non-hydrogen) atoms. The van der Waals surface area contributed by atoms with Crippen molar-refractivity contribution in [2.75, 3.05) is 5.32 Å². The molecule has 8 heteroatoms. The Kier molecular flexibility index (Phi) is 5.23. The van der Waals surface area contributed by atoms with Crippen LogP contribution in [0.4, 0.5) is 13.9 Å². The van der Waals surface area contributed by atoms with Gasteiger partial charge in [0.25, 0.3) is 0 Å². The van der Waals surface area contributed by atoms with E-state index in [0.717, 1.165) is 22.7 Å². The number of carbonyl (C=O) groups excluding carboxylic acids is 1. The Morgan fingerprint density at radius 3 is 2.54 bits per heavy atom. The number of anilines is 1. The number of rotatable bonds is 5. The number of thiazole rings is 2. The van der Waals surface area contributed by atoms with Crippen molar-refractivity contribution in [1.29, 1.82) is 0 Å². The van der Waals surface area contributed by atoms with Crippen LogP contribution in [0, 0.1) is 11.6 Å². The average molecular weight is 413 g/mol. The maximum atomic E-state index is 13.4. The smallest absolute Gasteiger partial charge is 0.232 e. The van der Waals surface area contributed by atoms with Gasteiger partial charge in [-0.15, -0.1) is 22.7 Å². The number of nitrogens with zero attached hydrogens (tertiary/aromatic N) is 2. The molecule has 1 amide bonds. The molecule has 140 valence electrons. The summed E-state index contributed by atoms with van der Waals surface area (Å²) in [4.78, 5) is 21.0. The summed E-state index contributed by atoms with van der Waals surface area (Å²) in [5.74, 6) is -2.09. The van der Waals surface area contributed by atoms with E-state index < -0.39 is 11.6 Å². The minimum Gasteiger partial charge on any atom is -0.302 e. The third kappa shape index (κ3) is 4.13. The fraction of sp³-hybridized carbons (Fsp3) is 0.0500. The molecule has 0 saturated heterocycles. The topological polar surface area (TPSA) is 54.9 Å². The van der Waals surface area contributed by atoms with Crippen LogP contribution in [-0.4, -0.2) is 15.9 Å². The first-order chi connectivity index (χ1) is 13.6. The summed E-state index contributed by atoms with van der Waals surface area (Å²) in [7, 11) is 0. The van der Waals surface area contributed by atoms with Crippen LogP contribution in [-0.2, 0) is 11.2 Å². The minimum atomic E-state index is -0.936. The van der Waals surface area contributed by atoms with Gasteiger partial charge in [-0.3, -0.25) is 4.79 Å². The zero-order valence-electron chi connectivity index (χ0n) is 14.4. The van der Waals surface area contributed by atoms with Crippen molar-refractivity contribution in [2.24, 2.45) is 0 Å². The van der Waals surface area contributed by atoms with Crippen molar-refractivity contribution in [3.05, 3.63) is 76.6 Å². The lowest BCUT2D eigenvalue weighted by Crippen LogP contribution is -2.14. The zero-order chi connectivity index (χ0) is 19.5. The van der Waals surface area contributed by atoms with E-state index in [1.54, 1.807) is 5.38 Å². The van der Waals surface area contributed by atoms with Gasteiger partial charge >= 0.3 is 0 Å². The predicted octanol–water partition coefficient (Wildman–Crippen LogP) is 5.39. The van der Waals surface area contributed by atoms with Crippen LogP contribution < -0.4 is 5.32 Å². The maximum absolute atomic E-state index is 13.4. The molecular formula is C20H13F2N3OS2. The van der Waals surface area contributed by atoms with Gasteiger partial charge in [-0.1, -0.05) is 30.3 Å². The molecule has 0 aliphatic heterocycles. The molecule has 0 aliphatic rings. The van der Waals surface area contributed by atoms with Crippen molar-refractivity contribution in [3.8, 4) is 21.8 Å². The largest absolute Gasteiger partial charge is 0.302 e. The summed E-state index contributed by atoms with van der Waals surface area (Å²) < 4.78 is 26.4. The molecule has 0 fully saturated rings. The van der Waals surface area contributed by atoms with Crippen molar-refractivity contribution in [3.63, 3.8) is 0 Å². The van der Waals surface area contributed by atoms with Crippen LogP contribution >= 0.6 is 22.7 Å². The highest BCUT2D eigenvalue weighted by atomic mass is 32.1. The molecule has 0 unspecified atom stereocenters. The molecule has 0 aliphatic carbocycles. The Balaban J connectivity index is 1.41. The highest BCUT2D eigenvalue weighted by Gasteiger charge is 2.12. The van der Waals surface area contributed by atoms with Crippen molar-refractivity contribution < 1.29 is 13.6 Å². The summed E-state index contributed by atoms with van der Waals surface area (Å²) in [6.07, 6.45) is 0.128. The first-order valence-electron chi connectivity index (χ1n) is 8.29. The molecule has 0 radical (unpaired) electrons. The molecular weight excluding hydrogens is 400 g/mol. The second-order valence-electron chi connectivity index (χ2n) is 5.90. The highest BCUT2D eigenvalue weighted by molar-refractivity contribution is 7.14. The number of amides is 1. The van der Waals surface area contributed by atoms with Gasteiger partial charge in [-0.05, 0) is 18.2 Å².